The number of hydrogen-bond donors (Lipinski definition) is 0. The largest absolute Gasteiger partial charge is 0.243 e. The van der Waals surface area contributed by atoms with Crippen molar-refractivity contribution in [1.29, 1.82) is 0 Å². The summed E-state index contributed by atoms with van der Waals surface area (Å²) in [5.74, 6) is 0. The molecule has 0 spiro atoms. The van der Waals surface area contributed by atoms with Crippen LogP contribution < -0.4 is 0 Å². The highest BCUT2D eigenvalue weighted by Crippen LogP contribution is 2.25. The van der Waals surface area contributed by atoms with Gasteiger partial charge in [-0.1, -0.05) is 6.07 Å². The van der Waals surface area contributed by atoms with Crippen LogP contribution in [0, 0.1) is 20.8 Å². The quantitative estimate of drug-likeness (QED) is 0.811. The van der Waals surface area contributed by atoms with Crippen LogP contribution in [0.1, 0.15) is 29.5 Å². The first-order valence-corrected chi connectivity index (χ1v) is 7.45. The van der Waals surface area contributed by atoms with Crippen LogP contribution in [0.15, 0.2) is 17.0 Å². The second-order valence-corrected chi connectivity index (χ2v) is 6.72. The molecule has 0 aromatic heterocycles. The molecule has 0 bridgehead atoms. The summed E-state index contributed by atoms with van der Waals surface area (Å²) in [6.45, 7) is 7.16. The van der Waals surface area contributed by atoms with Gasteiger partial charge < -0.3 is 0 Å². The Labute approximate surface area is 104 Å². The summed E-state index contributed by atoms with van der Waals surface area (Å²) in [7, 11) is -3.28. The van der Waals surface area contributed by atoms with Crippen molar-refractivity contribution in [2.45, 2.75) is 38.5 Å². The first-order valence-electron chi connectivity index (χ1n) is 6.01. The van der Waals surface area contributed by atoms with Crippen molar-refractivity contribution in [2.24, 2.45) is 0 Å². The minimum absolute atomic E-state index is 0.475. The Balaban J connectivity index is 2.49. The number of nitrogens with zero attached hydrogens (tertiary/aromatic N) is 1. The van der Waals surface area contributed by atoms with E-state index in [0.717, 1.165) is 29.5 Å². The van der Waals surface area contributed by atoms with Crippen LogP contribution in [0.2, 0.25) is 0 Å². The minimum Gasteiger partial charge on any atom is -0.207 e. The molecule has 3 nitrogen and oxygen atoms in total. The number of benzene rings is 1. The van der Waals surface area contributed by atoms with Gasteiger partial charge in [0.2, 0.25) is 10.0 Å². The van der Waals surface area contributed by atoms with Gasteiger partial charge in [-0.15, -0.1) is 0 Å². The Bertz CT molecular complexity index is 529. The van der Waals surface area contributed by atoms with Gasteiger partial charge in [-0.25, -0.2) is 8.42 Å². The highest BCUT2D eigenvalue weighted by atomic mass is 32.2. The standard InChI is InChI=1S/C13H19NO2S/c1-10-8-12(3)13(9-11(10)2)17(15,16)14-6-4-5-7-14/h8-9H,4-7H2,1-3H3. The zero-order chi connectivity index (χ0) is 12.6. The van der Waals surface area contributed by atoms with E-state index in [2.05, 4.69) is 0 Å². The second kappa shape index (κ2) is 4.42. The normalized spacial score (nSPS) is 17.6. The summed E-state index contributed by atoms with van der Waals surface area (Å²) in [6, 6.07) is 3.76. The van der Waals surface area contributed by atoms with Crippen molar-refractivity contribution in [1.82, 2.24) is 4.31 Å². The Morgan fingerprint density at radius 2 is 1.47 bits per heavy atom. The lowest BCUT2D eigenvalue weighted by molar-refractivity contribution is 0.477. The summed E-state index contributed by atoms with van der Waals surface area (Å²) in [6.07, 6.45) is 1.95. The zero-order valence-electron chi connectivity index (χ0n) is 10.7. The van der Waals surface area contributed by atoms with Gasteiger partial charge in [-0.3, -0.25) is 0 Å². The maximum absolute atomic E-state index is 12.4. The molecular formula is C13H19NO2S. The number of rotatable bonds is 2. The maximum atomic E-state index is 12.4. The lowest BCUT2D eigenvalue weighted by atomic mass is 10.1. The molecule has 1 aliphatic rings. The van der Waals surface area contributed by atoms with E-state index in [0.29, 0.717) is 18.0 Å². The topological polar surface area (TPSA) is 37.4 Å². The minimum atomic E-state index is -3.28. The van der Waals surface area contributed by atoms with Gasteiger partial charge in [-0.05, 0) is 56.4 Å². The molecule has 0 amide bonds. The van der Waals surface area contributed by atoms with Crippen molar-refractivity contribution in [2.75, 3.05) is 13.1 Å². The summed E-state index contributed by atoms with van der Waals surface area (Å²) < 4.78 is 26.5. The molecule has 0 aliphatic carbocycles. The van der Waals surface area contributed by atoms with E-state index in [4.69, 9.17) is 0 Å². The maximum Gasteiger partial charge on any atom is 0.243 e. The van der Waals surface area contributed by atoms with Crippen molar-refractivity contribution in [3.05, 3.63) is 28.8 Å². The number of aryl methyl sites for hydroxylation is 3. The van der Waals surface area contributed by atoms with Crippen molar-refractivity contribution < 1.29 is 8.42 Å². The van der Waals surface area contributed by atoms with Gasteiger partial charge in [0.15, 0.2) is 0 Å². The number of hydrogen-bond acceptors (Lipinski definition) is 2. The molecule has 0 saturated carbocycles. The highest BCUT2D eigenvalue weighted by Gasteiger charge is 2.28. The molecule has 1 heterocycles. The molecule has 0 N–H and O–H groups in total. The van der Waals surface area contributed by atoms with Gasteiger partial charge >= 0.3 is 0 Å². The fourth-order valence-corrected chi connectivity index (χ4v) is 4.09. The summed E-state index contributed by atoms with van der Waals surface area (Å²) in [4.78, 5) is 0.475. The molecule has 0 radical (unpaired) electrons. The monoisotopic (exact) mass is 253 g/mol. The van der Waals surface area contributed by atoms with Crippen LogP contribution in [0.3, 0.4) is 0 Å². The molecule has 1 aliphatic heterocycles. The van der Waals surface area contributed by atoms with E-state index in [1.54, 1.807) is 10.4 Å². The van der Waals surface area contributed by atoms with Crippen LogP contribution in [0.25, 0.3) is 0 Å². The molecule has 2 rings (SSSR count). The zero-order valence-corrected chi connectivity index (χ0v) is 11.5. The fourth-order valence-electron chi connectivity index (χ4n) is 2.28. The molecule has 1 aromatic carbocycles. The molecular weight excluding hydrogens is 234 g/mol. The van der Waals surface area contributed by atoms with E-state index >= 15 is 0 Å². The Morgan fingerprint density at radius 3 is 2.06 bits per heavy atom. The summed E-state index contributed by atoms with van der Waals surface area (Å²) in [5, 5.41) is 0. The SMILES string of the molecule is Cc1cc(C)c(S(=O)(=O)N2CCCC2)cc1C. The van der Waals surface area contributed by atoms with Crippen LogP contribution in [0.4, 0.5) is 0 Å². The van der Waals surface area contributed by atoms with E-state index in [1.165, 1.54) is 0 Å². The Kier molecular flexibility index (Phi) is 3.27. The smallest absolute Gasteiger partial charge is 0.207 e. The summed E-state index contributed by atoms with van der Waals surface area (Å²) >= 11 is 0. The van der Waals surface area contributed by atoms with E-state index in [1.807, 2.05) is 26.8 Å². The Hall–Kier alpha value is -0.870. The first-order chi connectivity index (χ1) is 7.93. The van der Waals surface area contributed by atoms with Crippen LogP contribution in [-0.4, -0.2) is 25.8 Å². The van der Waals surface area contributed by atoms with Crippen molar-refractivity contribution in [3.63, 3.8) is 0 Å². The lowest BCUT2D eigenvalue weighted by Gasteiger charge is -2.18. The van der Waals surface area contributed by atoms with E-state index in [-0.39, 0.29) is 0 Å². The molecule has 1 aromatic rings. The van der Waals surface area contributed by atoms with E-state index in [9.17, 15) is 8.42 Å². The molecule has 17 heavy (non-hydrogen) atoms. The lowest BCUT2D eigenvalue weighted by Crippen LogP contribution is -2.28. The molecule has 0 atom stereocenters. The third-order valence-corrected chi connectivity index (χ3v) is 5.51. The number of sulfonamides is 1. The second-order valence-electron chi connectivity index (χ2n) is 4.81. The van der Waals surface area contributed by atoms with Crippen LogP contribution in [-0.2, 0) is 10.0 Å². The average molecular weight is 253 g/mol. The van der Waals surface area contributed by atoms with Crippen molar-refractivity contribution >= 4 is 10.0 Å². The van der Waals surface area contributed by atoms with E-state index < -0.39 is 10.0 Å². The third kappa shape index (κ3) is 2.24. The predicted molar refractivity (Wildman–Crippen MR) is 68.6 cm³/mol. The van der Waals surface area contributed by atoms with Crippen molar-refractivity contribution in [3.8, 4) is 0 Å². The Morgan fingerprint density at radius 1 is 0.941 bits per heavy atom. The molecule has 0 unspecified atom stereocenters. The molecule has 4 heteroatoms. The molecule has 1 saturated heterocycles. The predicted octanol–water partition coefficient (Wildman–Crippen LogP) is 2.40. The van der Waals surface area contributed by atoms with Gasteiger partial charge in [0, 0.05) is 13.1 Å². The van der Waals surface area contributed by atoms with Crippen LogP contribution >= 0.6 is 0 Å². The van der Waals surface area contributed by atoms with Gasteiger partial charge in [0.1, 0.15) is 0 Å². The summed E-state index contributed by atoms with van der Waals surface area (Å²) in [5.41, 5.74) is 3.02. The molecule has 1 fully saturated rings. The van der Waals surface area contributed by atoms with Gasteiger partial charge in [0.25, 0.3) is 0 Å². The van der Waals surface area contributed by atoms with Crippen LogP contribution in [0.5, 0.6) is 0 Å². The van der Waals surface area contributed by atoms with Gasteiger partial charge in [0.05, 0.1) is 4.90 Å². The average Bonchev–Trinajstić information content (AvgIpc) is 2.77. The van der Waals surface area contributed by atoms with Gasteiger partial charge in [-0.2, -0.15) is 4.31 Å². The fraction of sp³-hybridized carbons (Fsp3) is 0.538. The molecule has 94 valence electrons. The third-order valence-electron chi connectivity index (χ3n) is 3.47. The highest BCUT2D eigenvalue weighted by molar-refractivity contribution is 7.89. The first kappa shape index (κ1) is 12.6.